The van der Waals surface area contributed by atoms with Crippen molar-refractivity contribution in [3.05, 3.63) is 0 Å². The molecule has 0 aromatic carbocycles. The maximum Gasteiger partial charge on any atom is 0.190 e. The van der Waals surface area contributed by atoms with Gasteiger partial charge in [-0.3, -0.25) is 0 Å². The summed E-state index contributed by atoms with van der Waals surface area (Å²) < 4.78 is 1.28. The van der Waals surface area contributed by atoms with Crippen LogP contribution in [0.5, 0.6) is 0 Å². The lowest BCUT2D eigenvalue weighted by atomic mass is 10.3. The van der Waals surface area contributed by atoms with Gasteiger partial charge < -0.3 is 4.48 Å². The van der Waals surface area contributed by atoms with Gasteiger partial charge in [0.25, 0.3) is 0 Å². The van der Waals surface area contributed by atoms with Crippen molar-refractivity contribution < 1.29 is 4.48 Å². The summed E-state index contributed by atoms with van der Waals surface area (Å²) >= 11 is 0. The maximum atomic E-state index is 7.48. The first-order valence-corrected chi connectivity index (χ1v) is 5.04. The van der Waals surface area contributed by atoms with E-state index in [0.717, 1.165) is 0 Å². The first kappa shape index (κ1) is 15.2. The van der Waals surface area contributed by atoms with E-state index in [0.29, 0.717) is 0 Å². The average molecular weight is 197 g/mol. The average Bonchev–Trinajstić information content (AvgIpc) is 2.24. The van der Waals surface area contributed by atoms with Gasteiger partial charge in [0.1, 0.15) is 0 Å². The Morgan fingerprint density at radius 2 is 1.14 bits per heavy atom. The van der Waals surface area contributed by atoms with Crippen LogP contribution in [0.1, 0.15) is 27.7 Å². The Morgan fingerprint density at radius 3 is 1.14 bits per heavy atom. The molecule has 4 nitrogen and oxygen atoms in total. The fourth-order valence-corrected chi connectivity index (χ4v) is 1.37. The SMILES string of the molecule is CC[N+](CC)(CC)CC.N#CNC#N. The summed E-state index contributed by atoms with van der Waals surface area (Å²) in [5, 5.41) is 16.7. The predicted molar refractivity (Wildman–Crippen MR) is 56.8 cm³/mol. The molecule has 0 fully saturated rings. The molecule has 0 rings (SSSR count). The van der Waals surface area contributed by atoms with Gasteiger partial charge in [0, 0.05) is 0 Å². The number of hydrogen-bond donors (Lipinski definition) is 1. The number of nitrogens with zero attached hydrogens (tertiary/aromatic N) is 3. The number of quaternary nitrogens is 1. The second kappa shape index (κ2) is 9.83. The van der Waals surface area contributed by atoms with E-state index in [1.54, 1.807) is 5.32 Å². The standard InChI is InChI=1S/C8H20N.C2HN3/c1-5-9(6-2,7-3)8-4;3-1-5-2-4/h5-8H2,1-4H3;5H/q+1;. The Labute approximate surface area is 87.3 Å². The molecule has 14 heavy (non-hydrogen) atoms. The second-order valence-electron chi connectivity index (χ2n) is 2.96. The quantitative estimate of drug-likeness (QED) is 0.421. The molecule has 0 atom stereocenters. The van der Waals surface area contributed by atoms with Crippen LogP contribution in [0.2, 0.25) is 0 Å². The van der Waals surface area contributed by atoms with Crippen molar-refractivity contribution in [2.24, 2.45) is 0 Å². The van der Waals surface area contributed by atoms with E-state index in [9.17, 15) is 0 Å². The Hall–Kier alpha value is -1.26. The minimum Gasteiger partial charge on any atom is -0.325 e. The molecule has 0 aromatic heterocycles. The molecule has 0 bridgehead atoms. The van der Waals surface area contributed by atoms with Crippen molar-refractivity contribution in [2.75, 3.05) is 26.2 Å². The lowest BCUT2D eigenvalue weighted by Gasteiger charge is -2.34. The molecule has 4 heteroatoms. The molecule has 80 valence electrons. The van der Waals surface area contributed by atoms with E-state index in [-0.39, 0.29) is 0 Å². The summed E-state index contributed by atoms with van der Waals surface area (Å²) in [6, 6.07) is 0. The highest BCUT2D eigenvalue weighted by atomic mass is 15.3. The van der Waals surface area contributed by atoms with Gasteiger partial charge in [-0.15, -0.1) is 0 Å². The highest BCUT2D eigenvalue weighted by molar-refractivity contribution is 4.77. The van der Waals surface area contributed by atoms with Crippen LogP contribution in [0.25, 0.3) is 0 Å². The fourth-order valence-electron chi connectivity index (χ4n) is 1.37. The fraction of sp³-hybridized carbons (Fsp3) is 0.800. The van der Waals surface area contributed by atoms with Crippen LogP contribution in [0.4, 0.5) is 0 Å². The smallest absolute Gasteiger partial charge is 0.190 e. The molecule has 1 N–H and O–H groups in total. The lowest BCUT2D eigenvalue weighted by molar-refractivity contribution is -0.921. The molecule has 0 amide bonds. The van der Waals surface area contributed by atoms with Gasteiger partial charge in [-0.1, -0.05) is 0 Å². The molecule has 0 radical (unpaired) electrons. The van der Waals surface area contributed by atoms with E-state index in [1.807, 2.05) is 0 Å². The van der Waals surface area contributed by atoms with E-state index < -0.39 is 0 Å². The topological polar surface area (TPSA) is 59.6 Å². The molecule has 0 spiro atoms. The minimum atomic E-state index is 1.28. The van der Waals surface area contributed by atoms with Crippen molar-refractivity contribution >= 4 is 0 Å². The molecular weight excluding hydrogens is 176 g/mol. The zero-order valence-electron chi connectivity index (χ0n) is 9.67. The highest BCUT2D eigenvalue weighted by Gasteiger charge is 2.16. The number of hydrogen-bond acceptors (Lipinski definition) is 3. The second-order valence-corrected chi connectivity index (χ2v) is 2.96. The summed E-state index contributed by atoms with van der Waals surface area (Å²) in [6.45, 7) is 14.2. The Kier molecular flexibility index (Phi) is 10.7. The monoisotopic (exact) mass is 197 g/mol. The van der Waals surface area contributed by atoms with E-state index >= 15 is 0 Å². The van der Waals surface area contributed by atoms with Crippen LogP contribution < -0.4 is 5.32 Å². The van der Waals surface area contributed by atoms with Gasteiger partial charge in [0.15, 0.2) is 12.4 Å². The van der Waals surface area contributed by atoms with Crippen LogP contribution in [0, 0.1) is 22.9 Å². The number of rotatable bonds is 4. The van der Waals surface area contributed by atoms with E-state index in [4.69, 9.17) is 10.5 Å². The Bertz CT molecular complexity index is 166. The Balaban J connectivity index is 0. The van der Waals surface area contributed by atoms with Crippen LogP contribution >= 0.6 is 0 Å². The molecule has 0 aliphatic heterocycles. The van der Waals surface area contributed by atoms with Crippen molar-refractivity contribution in [2.45, 2.75) is 27.7 Å². The third-order valence-corrected chi connectivity index (χ3v) is 2.80. The van der Waals surface area contributed by atoms with Gasteiger partial charge in [-0.2, -0.15) is 10.5 Å². The summed E-state index contributed by atoms with van der Waals surface area (Å²) in [6.07, 6.45) is 2.81. The van der Waals surface area contributed by atoms with Crippen molar-refractivity contribution in [3.63, 3.8) is 0 Å². The number of nitriles is 2. The van der Waals surface area contributed by atoms with Gasteiger partial charge in [0.2, 0.25) is 0 Å². The van der Waals surface area contributed by atoms with Gasteiger partial charge >= 0.3 is 0 Å². The van der Waals surface area contributed by atoms with E-state index in [2.05, 4.69) is 27.7 Å². The third-order valence-electron chi connectivity index (χ3n) is 2.80. The zero-order chi connectivity index (χ0) is 11.4. The third kappa shape index (κ3) is 6.28. The first-order valence-electron chi connectivity index (χ1n) is 5.04. The molecule has 0 heterocycles. The Morgan fingerprint density at radius 1 is 0.857 bits per heavy atom. The minimum absolute atomic E-state index is 1.28. The normalized spacial score (nSPS) is 9.00. The molecule has 0 saturated carbocycles. The van der Waals surface area contributed by atoms with Crippen LogP contribution in [0.3, 0.4) is 0 Å². The van der Waals surface area contributed by atoms with Crippen molar-refractivity contribution in [3.8, 4) is 12.4 Å². The summed E-state index contributed by atoms with van der Waals surface area (Å²) in [7, 11) is 0. The van der Waals surface area contributed by atoms with Crippen LogP contribution in [0.15, 0.2) is 0 Å². The van der Waals surface area contributed by atoms with Gasteiger partial charge in [-0.25, -0.2) is 5.32 Å². The lowest BCUT2D eigenvalue weighted by Crippen LogP contribution is -2.47. The predicted octanol–water partition coefficient (Wildman–Crippen LogP) is 1.42. The first-order chi connectivity index (χ1) is 6.66. The summed E-state index contributed by atoms with van der Waals surface area (Å²) in [5.41, 5.74) is 0. The molecule has 0 aliphatic carbocycles. The number of nitrogens with one attached hydrogen (secondary N) is 1. The molecule has 0 aliphatic rings. The zero-order valence-corrected chi connectivity index (χ0v) is 9.67. The summed E-state index contributed by atoms with van der Waals surface area (Å²) in [5.74, 6) is 0. The molecule has 0 saturated heterocycles. The summed E-state index contributed by atoms with van der Waals surface area (Å²) in [4.78, 5) is 0. The van der Waals surface area contributed by atoms with Crippen LogP contribution in [-0.4, -0.2) is 30.7 Å². The maximum absolute atomic E-state index is 7.48. The van der Waals surface area contributed by atoms with Crippen LogP contribution in [-0.2, 0) is 0 Å². The molecular formula is C10H21N4+. The van der Waals surface area contributed by atoms with Crippen molar-refractivity contribution in [1.29, 1.82) is 10.5 Å². The highest BCUT2D eigenvalue weighted by Crippen LogP contribution is 2.03. The largest absolute Gasteiger partial charge is 0.325 e. The van der Waals surface area contributed by atoms with Crippen molar-refractivity contribution in [1.82, 2.24) is 5.32 Å². The van der Waals surface area contributed by atoms with Gasteiger partial charge in [-0.05, 0) is 27.7 Å². The molecule has 0 aromatic rings. The van der Waals surface area contributed by atoms with E-state index in [1.165, 1.54) is 43.0 Å². The molecule has 0 unspecified atom stereocenters. The van der Waals surface area contributed by atoms with Gasteiger partial charge in [0.05, 0.1) is 26.2 Å².